The number of aliphatic hydroxyl groups is 1. The molecule has 2 aliphatic rings. The summed E-state index contributed by atoms with van der Waals surface area (Å²) in [5.74, 6) is 0.505. The second-order valence-corrected chi connectivity index (χ2v) is 9.94. The molecule has 2 heterocycles. The number of carbonyl (C=O) groups excluding carboxylic acids is 1. The summed E-state index contributed by atoms with van der Waals surface area (Å²) >= 11 is 0. The summed E-state index contributed by atoms with van der Waals surface area (Å²) in [5, 5.41) is 13.6. The van der Waals surface area contributed by atoms with Crippen molar-refractivity contribution in [2.24, 2.45) is 13.0 Å². The van der Waals surface area contributed by atoms with Gasteiger partial charge in [-0.25, -0.2) is 0 Å². The number of aromatic nitrogens is 1. The van der Waals surface area contributed by atoms with Gasteiger partial charge in [0.2, 0.25) is 11.5 Å². The van der Waals surface area contributed by atoms with E-state index in [0.29, 0.717) is 39.3 Å². The van der Waals surface area contributed by atoms with E-state index in [9.17, 15) is 14.7 Å². The van der Waals surface area contributed by atoms with Crippen LogP contribution in [0.5, 0.6) is 5.75 Å². The highest BCUT2D eigenvalue weighted by molar-refractivity contribution is 5.80. The summed E-state index contributed by atoms with van der Waals surface area (Å²) in [4.78, 5) is 25.8. The third kappa shape index (κ3) is 9.54. The maximum Gasteiger partial charge on any atom is 0.250 e. The number of benzene rings is 1. The van der Waals surface area contributed by atoms with Gasteiger partial charge < -0.3 is 34.1 Å². The van der Waals surface area contributed by atoms with Gasteiger partial charge in [0.15, 0.2) is 0 Å². The molecule has 0 radical (unpaired) electrons. The van der Waals surface area contributed by atoms with Gasteiger partial charge in [0.05, 0.1) is 18.6 Å². The Morgan fingerprint density at radius 1 is 1.08 bits per heavy atom. The number of pyridine rings is 1. The predicted octanol–water partition coefficient (Wildman–Crippen LogP) is 2.14. The number of nitrogens with zero attached hydrogens (tertiary/aromatic N) is 2. The molecular weight excluding hydrogens is 486 g/mol. The molecule has 38 heavy (non-hydrogen) atoms. The van der Waals surface area contributed by atoms with E-state index in [2.05, 4.69) is 17.4 Å². The van der Waals surface area contributed by atoms with Crippen LogP contribution in [0.2, 0.25) is 0 Å². The second-order valence-electron chi connectivity index (χ2n) is 9.94. The van der Waals surface area contributed by atoms with Crippen LogP contribution in [0.3, 0.4) is 0 Å². The molecule has 1 aromatic carbocycles. The van der Waals surface area contributed by atoms with E-state index >= 15 is 0 Å². The summed E-state index contributed by atoms with van der Waals surface area (Å²) in [7, 11) is 5.09. The molecule has 1 amide bonds. The molecule has 210 valence electrons. The smallest absolute Gasteiger partial charge is 0.250 e. The summed E-state index contributed by atoms with van der Waals surface area (Å²) in [5.41, 5.74) is 2.28. The van der Waals surface area contributed by atoms with Gasteiger partial charge in [-0.1, -0.05) is 12.1 Å². The number of hydrogen-bond donors (Lipinski definition) is 2. The summed E-state index contributed by atoms with van der Waals surface area (Å²) in [6.07, 6.45) is 5.69. The predicted molar refractivity (Wildman–Crippen MR) is 146 cm³/mol. The lowest BCUT2D eigenvalue weighted by Crippen LogP contribution is -2.49. The number of aryl methyl sites for hydroxylation is 2. The number of ether oxygens (including phenoxy) is 3. The molecule has 1 aromatic heterocycles. The molecule has 2 N–H and O–H groups in total. The average Bonchev–Trinajstić information content (AvgIpc) is 3.75. The molecule has 9 heteroatoms. The van der Waals surface area contributed by atoms with E-state index in [0.717, 1.165) is 43.5 Å². The average molecular weight is 530 g/mol. The first kappa shape index (κ1) is 29.8. The molecule has 1 saturated carbocycles. The van der Waals surface area contributed by atoms with Crippen LogP contribution in [0.15, 0.2) is 47.4 Å². The molecule has 0 spiro atoms. The Balaban J connectivity index is 0.000000427. The van der Waals surface area contributed by atoms with Gasteiger partial charge in [-0.2, -0.15) is 0 Å². The van der Waals surface area contributed by atoms with Crippen LogP contribution in [0.1, 0.15) is 36.8 Å². The Kier molecular flexibility index (Phi) is 12.3. The topological polar surface area (TPSA) is 102 Å². The van der Waals surface area contributed by atoms with E-state index < -0.39 is 6.10 Å². The Hall–Kier alpha value is -2.72. The molecule has 9 nitrogen and oxygen atoms in total. The Morgan fingerprint density at radius 3 is 2.47 bits per heavy atom. The number of amides is 1. The van der Waals surface area contributed by atoms with Gasteiger partial charge in [-0.05, 0) is 68.0 Å². The molecule has 0 bridgehead atoms. The molecule has 1 aliphatic heterocycles. The first-order chi connectivity index (χ1) is 18.4. The fourth-order valence-corrected chi connectivity index (χ4v) is 4.50. The standard InChI is InChI=1S/C23H36N2O5.C6H7NO/c1-28-9-3-4-17-12-18(14-20(13-17)30-11-10-29-2)16-25(19-5-6-19)23(27)21-15-24-8-7-22(21)26;1-7-5-3-2-4-6(7)8/h12-14,19,21-22,24,26H,3-11,15-16H2,1-2H3;2-5H,1H3. The van der Waals surface area contributed by atoms with Crippen LogP contribution in [0.4, 0.5) is 0 Å². The monoisotopic (exact) mass is 529 g/mol. The van der Waals surface area contributed by atoms with Crippen molar-refractivity contribution in [3.05, 3.63) is 64.1 Å². The number of hydrogen-bond acceptors (Lipinski definition) is 7. The SMILES string of the molecule is COCCCc1cc(CN(C(=O)C2CNCCC2O)C2CC2)cc(OCCOC)c1.Cn1ccccc1=O. The third-order valence-corrected chi connectivity index (χ3v) is 6.79. The first-order valence-electron chi connectivity index (χ1n) is 13.5. The molecule has 2 fully saturated rings. The fourth-order valence-electron chi connectivity index (χ4n) is 4.50. The first-order valence-corrected chi connectivity index (χ1v) is 13.5. The van der Waals surface area contributed by atoms with Crippen LogP contribution in [0, 0.1) is 5.92 Å². The van der Waals surface area contributed by atoms with Gasteiger partial charge in [0.25, 0.3) is 0 Å². The van der Waals surface area contributed by atoms with Crippen molar-refractivity contribution in [1.29, 1.82) is 0 Å². The zero-order chi connectivity index (χ0) is 27.3. The van der Waals surface area contributed by atoms with E-state index in [1.807, 2.05) is 17.0 Å². The summed E-state index contributed by atoms with van der Waals surface area (Å²) in [6, 6.07) is 11.6. The van der Waals surface area contributed by atoms with Crippen molar-refractivity contribution in [2.75, 3.05) is 47.1 Å². The van der Waals surface area contributed by atoms with Crippen molar-refractivity contribution < 1.29 is 24.1 Å². The maximum atomic E-state index is 13.2. The zero-order valence-electron chi connectivity index (χ0n) is 22.9. The van der Waals surface area contributed by atoms with Crippen LogP contribution in [-0.2, 0) is 34.3 Å². The summed E-state index contributed by atoms with van der Waals surface area (Å²) < 4.78 is 17.7. The lowest BCUT2D eigenvalue weighted by Gasteiger charge is -2.33. The fraction of sp³-hybridized carbons (Fsp3) is 0.586. The van der Waals surface area contributed by atoms with Crippen molar-refractivity contribution in [1.82, 2.24) is 14.8 Å². The van der Waals surface area contributed by atoms with E-state index in [4.69, 9.17) is 14.2 Å². The van der Waals surface area contributed by atoms with Gasteiger partial charge in [-0.3, -0.25) is 9.59 Å². The minimum Gasteiger partial charge on any atom is -0.491 e. The van der Waals surface area contributed by atoms with Gasteiger partial charge >= 0.3 is 0 Å². The quantitative estimate of drug-likeness (QED) is 0.406. The maximum absolute atomic E-state index is 13.2. The molecule has 1 aliphatic carbocycles. The largest absolute Gasteiger partial charge is 0.491 e. The molecule has 2 aromatic rings. The van der Waals surface area contributed by atoms with Crippen LogP contribution < -0.4 is 15.6 Å². The Bertz CT molecular complexity index is 1030. The normalized spacial score (nSPS) is 18.8. The van der Waals surface area contributed by atoms with Gasteiger partial charge in [0, 0.05) is 59.3 Å². The van der Waals surface area contributed by atoms with Crippen LogP contribution in [0.25, 0.3) is 0 Å². The number of carbonyl (C=O) groups is 1. The Labute approximate surface area is 225 Å². The highest BCUT2D eigenvalue weighted by atomic mass is 16.5. The van der Waals surface area contributed by atoms with E-state index in [-0.39, 0.29) is 23.4 Å². The van der Waals surface area contributed by atoms with Crippen molar-refractivity contribution in [3.63, 3.8) is 0 Å². The van der Waals surface area contributed by atoms with Crippen molar-refractivity contribution in [3.8, 4) is 5.75 Å². The Morgan fingerprint density at radius 2 is 1.84 bits per heavy atom. The number of aliphatic hydroxyl groups excluding tert-OH is 1. The van der Waals surface area contributed by atoms with Gasteiger partial charge in [-0.15, -0.1) is 0 Å². The minimum absolute atomic E-state index is 0.0347. The van der Waals surface area contributed by atoms with Crippen molar-refractivity contribution >= 4 is 5.91 Å². The second kappa shape index (κ2) is 15.6. The minimum atomic E-state index is -0.562. The van der Waals surface area contributed by atoms with Crippen LogP contribution >= 0.6 is 0 Å². The van der Waals surface area contributed by atoms with E-state index in [1.54, 1.807) is 33.5 Å². The lowest BCUT2D eigenvalue weighted by molar-refractivity contribution is -0.141. The highest BCUT2D eigenvalue weighted by Gasteiger charge is 2.39. The molecule has 1 saturated heterocycles. The lowest BCUT2D eigenvalue weighted by atomic mass is 9.94. The van der Waals surface area contributed by atoms with E-state index in [1.165, 1.54) is 16.2 Å². The number of rotatable bonds is 12. The molecule has 2 atom stereocenters. The van der Waals surface area contributed by atoms with Crippen molar-refractivity contribution in [2.45, 2.75) is 50.8 Å². The molecule has 2 unspecified atom stereocenters. The number of piperidine rings is 1. The summed E-state index contributed by atoms with van der Waals surface area (Å²) in [6.45, 7) is 3.59. The number of methoxy groups -OCH3 is 2. The highest BCUT2D eigenvalue weighted by Crippen LogP contribution is 2.32. The van der Waals surface area contributed by atoms with Crippen LogP contribution in [-0.4, -0.2) is 79.8 Å². The molecule has 4 rings (SSSR count). The third-order valence-electron chi connectivity index (χ3n) is 6.79. The number of nitrogens with one attached hydrogen (secondary N) is 1. The zero-order valence-corrected chi connectivity index (χ0v) is 22.9. The molecular formula is C29H43N3O6. The van der Waals surface area contributed by atoms with Gasteiger partial charge in [0.1, 0.15) is 12.4 Å².